The maximum atomic E-state index is 12.5. The summed E-state index contributed by atoms with van der Waals surface area (Å²) < 4.78 is 11.8. The molecule has 154 valence electrons. The number of hydrogen-bond donors (Lipinski definition) is 1. The van der Waals surface area contributed by atoms with E-state index in [4.69, 9.17) is 9.15 Å². The average molecular weight is 404 g/mol. The van der Waals surface area contributed by atoms with Gasteiger partial charge < -0.3 is 19.4 Å². The van der Waals surface area contributed by atoms with Gasteiger partial charge in [-0.3, -0.25) is 4.79 Å². The first-order valence-electron chi connectivity index (χ1n) is 10.4. The normalized spacial score (nSPS) is 15.3. The lowest BCUT2D eigenvalue weighted by Gasteiger charge is -2.32. The second-order valence-corrected chi connectivity index (χ2v) is 8.12. The fourth-order valence-electron chi connectivity index (χ4n) is 4.63. The summed E-state index contributed by atoms with van der Waals surface area (Å²) in [6.07, 6.45) is 3.86. The molecule has 2 heterocycles. The van der Waals surface area contributed by atoms with E-state index in [0.717, 1.165) is 70.4 Å². The largest absolute Gasteiger partial charge is 0.472 e. The zero-order valence-corrected chi connectivity index (χ0v) is 17.2. The zero-order chi connectivity index (χ0) is 20.8. The molecule has 0 atom stereocenters. The molecule has 0 unspecified atom stereocenters. The third-order valence-electron chi connectivity index (χ3n) is 6.05. The molecule has 0 saturated heterocycles. The van der Waals surface area contributed by atoms with Gasteiger partial charge >= 0.3 is 5.63 Å². The lowest BCUT2D eigenvalue weighted by Crippen LogP contribution is -2.32. The zero-order valence-electron chi connectivity index (χ0n) is 17.2. The molecular formula is C24H24N2O4. The summed E-state index contributed by atoms with van der Waals surface area (Å²) in [5.41, 5.74) is 6.24. The number of aryl methyl sites for hydroxylation is 2. The summed E-state index contributed by atoms with van der Waals surface area (Å²) in [4.78, 5) is 25.9. The van der Waals surface area contributed by atoms with Crippen molar-refractivity contribution < 1.29 is 13.9 Å². The number of carbonyl (C=O) groups is 1. The highest BCUT2D eigenvalue weighted by atomic mass is 16.5. The van der Waals surface area contributed by atoms with Gasteiger partial charge in [0.2, 0.25) is 5.91 Å². The molecule has 0 fully saturated rings. The number of anilines is 2. The highest BCUT2D eigenvalue weighted by Crippen LogP contribution is 2.38. The fourth-order valence-corrected chi connectivity index (χ4v) is 4.63. The van der Waals surface area contributed by atoms with Crippen molar-refractivity contribution in [3.63, 3.8) is 0 Å². The van der Waals surface area contributed by atoms with Crippen molar-refractivity contribution in [1.82, 2.24) is 0 Å². The van der Waals surface area contributed by atoms with Crippen molar-refractivity contribution in [2.75, 3.05) is 16.9 Å². The topological polar surface area (TPSA) is 71.8 Å². The monoisotopic (exact) mass is 404 g/mol. The van der Waals surface area contributed by atoms with Gasteiger partial charge in [-0.25, -0.2) is 4.79 Å². The van der Waals surface area contributed by atoms with E-state index in [-0.39, 0.29) is 11.5 Å². The molecule has 1 N–H and O–H groups in total. The number of ether oxygens (including phenoxy) is 1. The van der Waals surface area contributed by atoms with E-state index in [0.29, 0.717) is 18.9 Å². The Hall–Kier alpha value is -3.28. The van der Waals surface area contributed by atoms with Gasteiger partial charge in [-0.15, -0.1) is 0 Å². The highest BCUT2D eigenvalue weighted by Gasteiger charge is 2.25. The molecule has 6 heteroatoms. The van der Waals surface area contributed by atoms with Gasteiger partial charge in [0.15, 0.2) is 6.73 Å². The van der Waals surface area contributed by atoms with Crippen LogP contribution in [0.25, 0.3) is 11.0 Å². The molecule has 0 radical (unpaired) electrons. The molecule has 30 heavy (non-hydrogen) atoms. The molecule has 6 nitrogen and oxygen atoms in total. The van der Waals surface area contributed by atoms with Crippen molar-refractivity contribution in [3.8, 4) is 5.75 Å². The molecule has 0 spiro atoms. The van der Waals surface area contributed by atoms with Crippen molar-refractivity contribution in [2.24, 2.45) is 0 Å². The molecule has 2 aromatic carbocycles. The van der Waals surface area contributed by atoms with Crippen molar-refractivity contribution in [3.05, 3.63) is 63.0 Å². The summed E-state index contributed by atoms with van der Waals surface area (Å²) in [6.45, 7) is 4.58. The average Bonchev–Trinajstić information content (AvgIpc) is 2.75. The number of nitrogens with one attached hydrogen (secondary N) is 1. The third-order valence-corrected chi connectivity index (χ3v) is 6.05. The first-order chi connectivity index (χ1) is 14.5. The molecule has 1 aromatic heterocycles. The smallest absolute Gasteiger partial charge is 0.339 e. The lowest BCUT2D eigenvalue weighted by molar-refractivity contribution is -0.114. The molecule has 1 aliphatic heterocycles. The molecule has 0 saturated carbocycles. The van der Waals surface area contributed by atoms with E-state index in [9.17, 15) is 9.59 Å². The van der Waals surface area contributed by atoms with E-state index < -0.39 is 0 Å². The summed E-state index contributed by atoms with van der Waals surface area (Å²) in [6, 6.07) is 9.89. The Morgan fingerprint density at radius 2 is 1.83 bits per heavy atom. The number of carbonyl (C=O) groups excluding carboxylic acids is 1. The predicted molar refractivity (Wildman–Crippen MR) is 116 cm³/mol. The van der Waals surface area contributed by atoms with Crippen LogP contribution in [0.15, 0.2) is 39.5 Å². The Morgan fingerprint density at radius 1 is 1.10 bits per heavy atom. The number of fused-ring (bicyclic) bond motifs is 4. The van der Waals surface area contributed by atoms with Gasteiger partial charge in [0.25, 0.3) is 0 Å². The van der Waals surface area contributed by atoms with E-state index in [1.54, 1.807) is 0 Å². The quantitative estimate of drug-likeness (QED) is 0.645. The maximum absolute atomic E-state index is 12.5. The number of rotatable bonds is 2. The highest BCUT2D eigenvalue weighted by molar-refractivity contribution is 5.89. The molecule has 1 aliphatic carbocycles. The van der Waals surface area contributed by atoms with E-state index in [2.05, 4.69) is 16.3 Å². The van der Waals surface area contributed by atoms with Crippen LogP contribution in [0.1, 0.15) is 42.0 Å². The van der Waals surface area contributed by atoms with Crippen molar-refractivity contribution >= 4 is 28.3 Å². The molecule has 3 aromatic rings. The minimum absolute atomic E-state index is 0.0877. The van der Waals surface area contributed by atoms with Crippen LogP contribution in [-0.2, 0) is 24.2 Å². The van der Waals surface area contributed by atoms with Crippen LogP contribution in [0.2, 0.25) is 0 Å². The molecule has 0 bridgehead atoms. The summed E-state index contributed by atoms with van der Waals surface area (Å²) in [7, 11) is 0. The van der Waals surface area contributed by atoms with Crippen LogP contribution in [-0.4, -0.2) is 12.6 Å². The van der Waals surface area contributed by atoms with E-state index in [1.165, 1.54) is 6.92 Å². The van der Waals surface area contributed by atoms with Gasteiger partial charge in [0.05, 0.1) is 0 Å². The Labute approximate surface area is 174 Å². The minimum Gasteiger partial charge on any atom is -0.472 e. The number of amides is 1. The standard InChI is InChI=1S/C24H24N2O4/c1-14-22-16(11-21-19-5-3-4-6-20(19)24(28)30-23(14)21)12-26(13-29-22)18-9-7-17(8-10-18)25-15(2)27/h7-11H,3-6,12-13H2,1-2H3,(H,25,27). The first kappa shape index (κ1) is 18.7. The summed E-state index contributed by atoms with van der Waals surface area (Å²) in [5.74, 6) is 0.725. The van der Waals surface area contributed by atoms with Crippen LogP contribution in [0.5, 0.6) is 5.75 Å². The number of hydrogen-bond acceptors (Lipinski definition) is 5. The van der Waals surface area contributed by atoms with Gasteiger partial charge in [0.1, 0.15) is 11.3 Å². The molecule has 2 aliphatic rings. The SMILES string of the molecule is CC(=O)Nc1ccc(N2COc3c(cc4c5c(c(=O)oc4c3C)CCCC5)C2)cc1. The Bertz CT molecular complexity index is 1210. The first-order valence-corrected chi connectivity index (χ1v) is 10.4. The van der Waals surface area contributed by atoms with Gasteiger partial charge in [0, 0.05) is 46.9 Å². The van der Waals surface area contributed by atoms with Gasteiger partial charge in [-0.1, -0.05) is 0 Å². The second-order valence-electron chi connectivity index (χ2n) is 8.12. The summed E-state index contributed by atoms with van der Waals surface area (Å²) >= 11 is 0. The predicted octanol–water partition coefficient (Wildman–Crippen LogP) is 4.30. The molecule has 5 rings (SSSR count). The van der Waals surface area contributed by atoms with Crippen molar-refractivity contribution in [1.29, 1.82) is 0 Å². The van der Waals surface area contributed by atoms with Crippen LogP contribution in [0, 0.1) is 6.92 Å². The van der Waals surface area contributed by atoms with Crippen LogP contribution >= 0.6 is 0 Å². The maximum Gasteiger partial charge on any atom is 0.339 e. The Morgan fingerprint density at radius 3 is 2.57 bits per heavy atom. The van der Waals surface area contributed by atoms with Crippen molar-refractivity contribution in [2.45, 2.75) is 46.1 Å². The van der Waals surface area contributed by atoms with Gasteiger partial charge in [-0.2, -0.15) is 0 Å². The van der Waals surface area contributed by atoms with Crippen LogP contribution < -0.4 is 20.6 Å². The number of nitrogens with zero attached hydrogens (tertiary/aromatic N) is 1. The molecule has 1 amide bonds. The summed E-state index contributed by atoms with van der Waals surface area (Å²) in [5, 5.41) is 3.84. The van der Waals surface area contributed by atoms with Crippen LogP contribution in [0.4, 0.5) is 11.4 Å². The third kappa shape index (κ3) is 3.12. The minimum atomic E-state index is -0.197. The Balaban J connectivity index is 1.53. The number of benzene rings is 2. The lowest BCUT2D eigenvalue weighted by atomic mass is 9.89. The second kappa shape index (κ2) is 7.20. The van der Waals surface area contributed by atoms with Gasteiger partial charge in [-0.05, 0) is 68.5 Å². The van der Waals surface area contributed by atoms with E-state index >= 15 is 0 Å². The molecular weight excluding hydrogens is 380 g/mol. The fraction of sp³-hybridized carbons (Fsp3) is 0.333. The Kier molecular flexibility index (Phi) is 4.50. The van der Waals surface area contributed by atoms with Crippen LogP contribution in [0.3, 0.4) is 0 Å². The van der Waals surface area contributed by atoms with E-state index in [1.807, 2.05) is 31.2 Å².